The lowest BCUT2D eigenvalue weighted by Crippen LogP contribution is -2.50. The highest BCUT2D eigenvalue weighted by atomic mass is 19.4. The van der Waals surface area contributed by atoms with Crippen molar-refractivity contribution in [1.82, 2.24) is 19.8 Å². The molecule has 1 N–H and O–H groups in total. The smallest absolute Gasteiger partial charge is 0.339 e. The van der Waals surface area contributed by atoms with Gasteiger partial charge in [0.05, 0.1) is 5.56 Å². The summed E-state index contributed by atoms with van der Waals surface area (Å²) in [6.07, 6.45) is -3.01. The summed E-state index contributed by atoms with van der Waals surface area (Å²) >= 11 is 0. The lowest BCUT2D eigenvalue weighted by molar-refractivity contribution is -0.137. The van der Waals surface area contributed by atoms with Crippen LogP contribution >= 0.6 is 0 Å². The molecule has 1 aliphatic heterocycles. The molecule has 0 radical (unpaired) electrons. The molecular formula is C18H18F3N5O2. The van der Waals surface area contributed by atoms with Crippen molar-refractivity contribution in [3.63, 3.8) is 0 Å². The van der Waals surface area contributed by atoms with Gasteiger partial charge in [0.25, 0.3) is 5.91 Å². The molecule has 1 fully saturated rings. The van der Waals surface area contributed by atoms with E-state index in [1.165, 1.54) is 31.3 Å². The molecule has 1 aliphatic rings. The number of nitrogens with zero attached hydrogens (tertiary/aromatic N) is 4. The van der Waals surface area contributed by atoms with E-state index in [1.54, 1.807) is 9.80 Å². The van der Waals surface area contributed by atoms with Gasteiger partial charge in [-0.15, -0.1) is 0 Å². The summed E-state index contributed by atoms with van der Waals surface area (Å²) in [7, 11) is 0. The Morgan fingerprint density at radius 3 is 2.18 bits per heavy atom. The molecule has 0 spiro atoms. The fraction of sp³-hybridized carbons (Fsp3) is 0.333. The molecule has 7 nitrogen and oxygen atoms in total. The van der Waals surface area contributed by atoms with Crippen molar-refractivity contribution in [3.05, 3.63) is 47.8 Å². The van der Waals surface area contributed by atoms with Crippen molar-refractivity contribution in [2.24, 2.45) is 0 Å². The maximum absolute atomic E-state index is 12.6. The van der Waals surface area contributed by atoms with Crippen molar-refractivity contribution in [1.29, 1.82) is 0 Å². The van der Waals surface area contributed by atoms with Crippen molar-refractivity contribution in [2.45, 2.75) is 13.1 Å². The summed E-state index contributed by atoms with van der Waals surface area (Å²) in [6.45, 7) is 3.22. The number of halogens is 3. The number of hydrogen-bond donors (Lipinski definition) is 1. The Balaban J connectivity index is 1.67. The van der Waals surface area contributed by atoms with Gasteiger partial charge in [0, 0.05) is 45.0 Å². The first-order valence-electron chi connectivity index (χ1n) is 8.56. The van der Waals surface area contributed by atoms with Crippen LogP contribution < -0.4 is 5.32 Å². The molecule has 0 saturated carbocycles. The van der Waals surface area contributed by atoms with E-state index in [1.807, 2.05) is 0 Å². The quantitative estimate of drug-likeness (QED) is 0.867. The van der Waals surface area contributed by atoms with Gasteiger partial charge in [0.2, 0.25) is 11.9 Å². The second kappa shape index (κ2) is 7.83. The fourth-order valence-corrected chi connectivity index (χ4v) is 2.80. The van der Waals surface area contributed by atoms with E-state index < -0.39 is 11.7 Å². The van der Waals surface area contributed by atoms with Crippen molar-refractivity contribution in [2.75, 3.05) is 31.5 Å². The molecular weight excluding hydrogens is 375 g/mol. The molecule has 1 aromatic heterocycles. The van der Waals surface area contributed by atoms with E-state index in [4.69, 9.17) is 0 Å². The van der Waals surface area contributed by atoms with Gasteiger partial charge in [0.15, 0.2) is 0 Å². The minimum atomic E-state index is -4.41. The number of alkyl halides is 3. The minimum absolute atomic E-state index is 0.0304. The second-order valence-corrected chi connectivity index (χ2v) is 6.26. The van der Waals surface area contributed by atoms with Gasteiger partial charge in [-0.25, -0.2) is 9.97 Å². The number of hydrogen-bond acceptors (Lipinski definition) is 5. The molecule has 0 unspecified atom stereocenters. The second-order valence-electron chi connectivity index (χ2n) is 6.26. The number of nitrogens with one attached hydrogen (secondary N) is 1. The molecule has 1 saturated heterocycles. The van der Waals surface area contributed by atoms with Gasteiger partial charge in [0.1, 0.15) is 5.69 Å². The molecule has 0 bridgehead atoms. The molecule has 0 aliphatic carbocycles. The van der Waals surface area contributed by atoms with Crippen molar-refractivity contribution < 1.29 is 22.8 Å². The number of carbonyl (C=O) groups is 2. The van der Waals surface area contributed by atoms with E-state index in [0.717, 1.165) is 12.1 Å². The van der Waals surface area contributed by atoms with Gasteiger partial charge in [-0.1, -0.05) is 0 Å². The van der Waals surface area contributed by atoms with Crippen LogP contribution in [0.5, 0.6) is 0 Å². The average Bonchev–Trinajstić information content (AvgIpc) is 2.67. The number of carbonyl (C=O) groups excluding carboxylic acids is 2. The Hall–Kier alpha value is -3.17. The Morgan fingerprint density at radius 2 is 1.61 bits per heavy atom. The lowest BCUT2D eigenvalue weighted by atomic mass is 10.2. The number of piperazine rings is 1. The van der Waals surface area contributed by atoms with E-state index in [-0.39, 0.29) is 23.5 Å². The first-order chi connectivity index (χ1) is 13.2. The maximum Gasteiger partial charge on any atom is 0.416 e. The zero-order valence-electron chi connectivity index (χ0n) is 15.0. The lowest BCUT2D eigenvalue weighted by Gasteiger charge is -2.34. The molecule has 2 aromatic rings. The third kappa shape index (κ3) is 4.56. The Bertz CT molecular complexity index is 862. The summed E-state index contributed by atoms with van der Waals surface area (Å²) in [5.74, 6) is -0.216. The van der Waals surface area contributed by atoms with Gasteiger partial charge in [-0.3, -0.25) is 9.59 Å². The molecule has 1 aromatic carbocycles. The first kappa shape index (κ1) is 19.6. The number of benzene rings is 1. The van der Waals surface area contributed by atoms with Gasteiger partial charge in [-0.05, 0) is 30.3 Å². The van der Waals surface area contributed by atoms with Gasteiger partial charge in [-0.2, -0.15) is 13.2 Å². The van der Waals surface area contributed by atoms with E-state index >= 15 is 0 Å². The molecule has 2 amide bonds. The third-order valence-electron chi connectivity index (χ3n) is 4.36. The van der Waals surface area contributed by atoms with Crippen LogP contribution in [0.4, 0.5) is 24.8 Å². The van der Waals surface area contributed by atoms with E-state index in [2.05, 4.69) is 15.3 Å². The molecule has 148 valence electrons. The Morgan fingerprint density at radius 1 is 1.00 bits per heavy atom. The monoisotopic (exact) mass is 393 g/mol. The summed E-state index contributed by atoms with van der Waals surface area (Å²) in [6, 6.07) is 5.90. The highest BCUT2D eigenvalue weighted by molar-refractivity contribution is 5.92. The molecule has 3 rings (SSSR count). The van der Waals surface area contributed by atoms with Crippen LogP contribution in [0.3, 0.4) is 0 Å². The minimum Gasteiger partial charge on any atom is -0.339 e. The fourth-order valence-electron chi connectivity index (χ4n) is 2.80. The summed E-state index contributed by atoms with van der Waals surface area (Å²) in [5, 5.41) is 2.79. The molecule has 2 heterocycles. The normalized spacial score (nSPS) is 14.7. The number of amides is 2. The molecule has 10 heteroatoms. The zero-order valence-corrected chi connectivity index (χ0v) is 15.0. The number of aromatic nitrogens is 2. The van der Waals surface area contributed by atoms with Crippen LogP contribution in [0.15, 0.2) is 36.5 Å². The Labute approximate surface area is 159 Å². The van der Waals surface area contributed by atoms with Crippen LogP contribution in [0.25, 0.3) is 0 Å². The third-order valence-corrected chi connectivity index (χ3v) is 4.36. The predicted molar refractivity (Wildman–Crippen MR) is 94.9 cm³/mol. The number of anilines is 2. The molecule has 0 atom stereocenters. The summed E-state index contributed by atoms with van der Waals surface area (Å²) in [4.78, 5) is 35.4. The van der Waals surface area contributed by atoms with Crippen LogP contribution in [0.1, 0.15) is 23.0 Å². The average molecular weight is 393 g/mol. The highest BCUT2D eigenvalue weighted by Gasteiger charge is 2.30. The van der Waals surface area contributed by atoms with Crippen LogP contribution in [0, 0.1) is 0 Å². The first-order valence-corrected chi connectivity index (χ1v) is 8.56. The van der Waals surface area contributed by atoms with E-state index in [0.29, 0.717) is 31.9 Å². The van der Waals surface area contributed by atoms with Gasteiger partial charge >= 0.3 is 6.18 Å². The van der Waals surface area contributed by atoms with E-state index in [9.17, 15) is 22.8 Å². The zero-order chi connectivity index (χ0) is 20.3. The highest BCUT2D eigenvalue weighted by Crippen LogP contribution is 2.30. The molecule has 28 heavy (non-hydrogen) atoms. The van der Waals surface area contributed by atoms with Crippen LogP contribution in [-0.2, 0) is 11.0 Å². The van der Waals surface area contributed by atoms with Crippen LogP contribution in [-0.4, -0.2) is 57.8 Å². The van der Waals surface area contributed by atoms with Gasteiger partial charge < -0.3 is 15.1 Å². The standard InChI is InChI=1S/C18H18F3N5O2/c1-12(27)25-8-10-26(11-9-25)16(28)15-6-7-22-17(24-15)23-14-4-2-13(3-5-14)18(19,20)21/h2-7H,8-11H2,1H3,(H,22,23,24). The summed E-state index contributed by atoms with van der Waals surface area (Å²) in [5.41, 5.74) is -0.221. The predicted octanol–water partition coefficient (Wildman–Crippen LogP) is 2.54. The van der Waals surface area contributed by atoms with Crippen molar-refractivity contribution in [3.8, 4) is 0 Å². The Kier molecular flexibility index (Phi) is 5.48. The van der Waals surface area contributed by atoms with Crippen molar-refractivity contribution >= 4 is 23.5 Å². The SMILES string of the molecule is CC(=O)N1CCN(C(=O)c2ccnc(Nc3ccc(C(F)(F)F)cc3)n2)CC1. The largest absolute Gasteiger partial charge is 0.416 e. The maximum atomic E-state index is 12.6. The van der Waals surface area contributed by atoms with Crippen LogP contribution in [0.2, 0.25) is 0 Å². The topological polar surface area (TPSA) is 78.4 Å². The number of rotatable bonds is 3. The summed E-state index contributed by atoms with van der Waals surface area (Å²) < 4.78 is 37.9.